The van der Waals surface area contributed by atoms with Gasteiger partial charge in [-0.25, -0.2) is 0 Å². The number of nitrogens with two attached hydrogens (primary N) is 1. The molecule has 0 spiro atoms. The summed E-state index contributed by atoms with van der Waals surface area (Å²) in [6, 6.07) is 0. The Kier molecular flexibility index (Phi) is 39.9. The summed E-state index contributed by atoms with van der Waals surface area (Å²) in [6.07, 6.45) is 4.78. The Hall–Kier alpha value is 0.554. The summed E-state index contributed by atoms with van der Waals surface area (Å²) in [6.45, 7) is 11.2. The van der Waals surface area contributed by atoms with Crippen LogP contribution in [0.2, 0.25) is 4.73 Å². The molecule has 0 aliphatic carbocycles. The fraction of sp³-hybridized carbons (Fsp3) is 1.00. The summed E-state index contributed by atoms with van der Waals surface area (Å²) in [4.78, 5) is 0. The van der Waals surface area contributed by atoms with Crippen molar-refractivity contribution >= 4 is 0 Å². The van der Waals surface area contributed by atoms with E-state index >= 15 is 0 Å². The molecule has 5 heteroatoms. The van der Waals surface area contributed by atoms with Crippen molar-refractivity contribution in [2.24, 2.45) is 5.73 Å². The SMILES string of the molecule is CC(C)O.CC(C)O.CC(C)O.NCCCCC[CH2][Ti]. The van der Waals surface area contributed by atoms with E-state index < -0.39 is 0 Å². The van der Waals surface area contributed by atoms with Crippen LogP contribution in [0.3, 0.4) is 0 Å². The van der Waals surface area contributed by atoms with Gasteiger partial charge in [0.2, 0.25) is 0 Å². The Labute approximate surface area is 138 Å². The molecule has 125 valence electrons. The van der Waals surface area contributed by atoms with Gasteiger partial charge in [0.1, 0.15) is 0 Å². The predicted molar refractivity (Wildman–Crippen MR) is 84.4 cm³/mol. The molecule has 0 rings (SSSR count). The van der Waals surface area contributed by atoms with Gasteiger partial charge in [-0.1, -0.05) is 0 Å². The Morgan fingerprint density at radius 1 is 0.700 bits per heavy atom. The van der Waals surface area contributed by atoms with Crippen LogP contribution in [-0.4, -0.2) is 40.2 Å². The third-order valence-corrected chi connectivity index (χ3v) is 1.68. The standard InChI is InChI=1S/C6H14N.3C3H8O.Ti/c1-2-3-4-5-6-7;3*1-3(2)4;/h1-7H2;3*3-4H,1-2H3;. The molecule has 20 heavy (non-hydrogen) atoms. The second-order valence-electron chi connectivity index (χ2n) is 5.23. The van der Waals surface area contributed by atoms with E-state index in [0.717, 1.165) is 6.54 Å². The fourth-order valence-electron chi connectivity index (χ4n) is 0.623. The number of hydrogen-bond donors (Lipinski definition) is 4. The van der Waals surface area contributed by atoms with Crippen LogP contribution in [-0.2, 0) is 20.4 Å². The third-order valence-electron chi connectivity index (χ3n) is 1.13. The average molecular weight is 328 g/mol. The quantitative estimate of drug-likeness (QED) is 0.461. The summed E-state index contributed by atoms with van der Waals surface area (Å²) in [7, 11) is 0. The summed E-state index contributed by atoms with van der Waals surface area (Å²) in [5, 5.41) is 24.2. The Bertz CT molecular complexity index is 106. The minimum atomic E-state index is -0.167. The molecule has 0 bridgehead atoms. The van der Waals surface area contributed by atoms with Crippen molar-refractivity contribution in [1.82, 2.24) is 0 Å². The molecule has 0 aliphatic heterocycles. The molecular formula is C15H38NO3Ti. The van der Waals surface area contributed by atoms with Crippen molar-refractivity contribution < 1.29 is 35.8 Å². The first kappa shape index (κ1) is 28.7. The van der Waals surface area contributed by atoms with Crippen LogP contribution >= 0.6 is 0 Å². The van der Waals surface area contributed by atoms with Gasteiger partial charge in [0.05, 0.1) is 0 Å². The van der Waals surface area contributed by atoms with Crippen LogP contribution < -0.4 is 5.73 Å². The molecule has 0 fully saturated rings. The van der Waals surface area contributed by atoms with Crippen LogP contribution in [0.25, 0.3) is 0 Å². The Morgan fingerprint density at radius 3 is 1.15 bits per heavy atom. The zero-order valence-corrected chi connectivity index (χ0v) is 16.0. The maximum atomic E-state index is 8.06. The molecular weight excluding hydrogens is 290 g/mol. The third kappa shape index (κ3) is 185. The second kappa shape index (κ2) is 27.8. The van der Waals surface area contributed by atoms with Gasteiger partial charge in [0.15, 0.2) is 0 Å². The summed E-state index contributed by atoms with van der Waals surface area (Å²) in [5.41, 5.74) is 5.31. The predicted octanol–water partition coefficient (Wildman–Crippen LogP) is 2.63. The van der Waals surface area contributed by atoms with Crippen molar-refractivity contribution in [2.75, 3.05) is 6.54 Å². The molecule has 4 nitrogen and oxygen atoms in total. The zero-order valence-electron chi connectivity index (χ0n) is 14.4. The summed E-state index contributed by atoms with van der Waals surface area (Å²) in [5.74, 6) is 0. The molecule has 0 saturated carbocycles. The number of aliphatic hydroxyl groups is 3. The minimum absolute atomic E-state index is 0.167. The first-order valence-electron chi connectivity index (χ1n) is 7.50. The van der Waals surface area contributed by atoms with Gasteiger partial charge < -0.3 is 15.3 Å². The topological polar surface area (TPSA) is 86.7 Å². The average Bonchev–Trinajstić information content (AvgIpc) is 2.22. The van der Waals surface area contributed by atoms with Crippen molar-refractivity contribution in [3.63, 3.8) is 0 Å². The summed E-state index contributed by atoms with van der Waals surface area (Å²) >= 11 is 2.22. The summed E-state index contributed by atoms with van der Waals surface area (Å²) < 4.78 is 1.32. The van der Waals surface area contributed by atoms with E-state index in [1.54, 1.807) is 41.5 Å². The van der Waals surface area contributed by atoms with Crippen LogP contribution in [0.4, 0.5) is 0 Å². The van der Waals surface area contributed by atoms with Crippen LogP contribution in [0.5, 0.6) is 0 Å². The van der Waals surface area contributed by atoms with Crippen molar-refractivity contribution in [2.45, 2.75) is 90.3 Å². The molecule has 0 unspecified atom stereocenters. The van der Waals surface area contributed by atoms with Gasteiger partial charge >= 0.3 is 63.1 Å². The Morgan fingerprint density at radius 2 is 0.950 bits per heavy atom. The molecule has 0 amide bonds. The Balaban J connectivity index is -0.0000000917. The van der Waals surface area contributed by atoms with E-state index in [-0.39, 0.29) is 18.3 Å². The number of rotatable bonds is 5. The van der Waals surface area contributed by atoms with Gasteiger partial charge in [-0.3, -0.25) is 0 Å². The molecule has 0 heterocycles. The van der Waals surface area contributed by atoms with Crippen molar-refractivity contribution in [3.05, 3.63) is 0 Å². The fourth-order valence-corrected chi connectivity index (χ4v) is 1.01. The monoisotopic (exact) mass is 328 g/mol. The van der Waals surface area contributed by atoms with Crippen LogP contribution in [0.1, 0.15) is 67.2 Å². The van der Waals surface area contributed by atoms with Gasteiger partial charge in [-0.2, -0.15) is 0 Å². The molecule has 0 aliphatic rings. The van der Waals surface area contributed by atoms with E-state index in [4.69, 9.17) is 21.1 Å². The van der Waals surface area contributed by atoms with Gasteiger partial charge in [-0.05, 0) is 41.5 Å². The van der Waals surface area contributed by atoms with E-state index in [2.05, 4.69) is 20.4 Å². The van der Waals surface area contributed by atoms with Gasteiger partial charge in [0.25, 0.3) is 0 Å². The van der Waals surface area contributed by atoms with Crippen molar-refractivity contribution in [1.29, 1.82) is 0 Å². The van der Waals surface area contributed by atoms with Gasteiger partial charge in [0, 0.05) is 18.3 Å². The second-order valence-corrected chi connectivity index (χ2v) is 6.01. The first-order chi connectivity index (χ1) is 9.11. The molecule has 0 atom stereocenters. The van der Waals surface area contributed by atoms with Crippen LogP contribution in [0, 0.1) is 0 Å². The molecule has 0 radical (unpaired) electrons. The number of hydrogen-bond acceptors (Lipinski definition) is 4. The molecule has 0 aromatic rings. The molecule has 0 aromatic carbocycles. The van der Waals surface area contributed by atoms with Gasteiger partial charge in [-0.15, -0.1) is 0 Å². The van der Waals surface area contributed by atoms with E-state index in [1.165, 1.54) is 30.4 Å². The zero-order chi connectivity index (χ0) is 17.0. The van der Waals surface area contributed by atoms with Crippen LogP contribution in [0.15, 0.2) is 0 Å². The molecule has 0 aromatic heterocycles. The molecule has 0 saturated heterocycles. The first-order valence-corrected chi connectivity index (χ1v) is 8.60. The normalized spacial score (nSPS) is 9.20. The molecule has 5 N–H and O–H groups in total. The number of unbranched alkanes of at least 4 members (excludes halogenated alkanes) is 3. The van der Waals surface area contributed by atoms with E-state index in [9.17, 15) is 0 Å². The van der Waals surface area contributed by atoms with E-state index in [1.807, 2.05) is 0 Å². The van der Waals surface area contributed by atoms with E-state index in [0.29, 0.717) is 0 Å². The number of aliphatic hydroxyl groups excluding tert-OH is 3. The van der Waals surface area contributed by atoms with Crippen molar-refractivity contribution in [3.8, 4) is 0 Å². The maximum absolute atomic E-state index is 8.06.